The van der Waals surface area contributed by atoms with E-state index < -0.39 is 0 Å². The molecule has 0 aliphatic carbocycles. The summed E-state index contributed by atoms with van der Waals surface area (Å²) in [7, 11) is 0. The van der Waals surface area contributed by atoms with Gasteiger partial charge in [-0.05, 0) is 50.3 Å². The SMILES string of the molecule is CC(C)c1ncc(CN2CCC([C@@H]3CC=CCN(CCc4ccccc4)C3=O)CC2)cn1. The molecular formula is C27H36N4O. The van der Waals surface area contributed by atoms with Gasteiger partial charge in [0, 0.05) is 49.4 Å². The van der Waals surface area contributed by atoms with Crippen molar-refractivity contribution in [2.45, 2.75) is 52.0 Å². The molecule has 1 atom stereocenters. The van der Waals surface area contributed by atoms with Crippen molar-refractivity contribution in [3.05, 3.63) is 71.8 Å². The van der Waals surface area contributed by atoms with E-state index in [0.717, 1.165) is 64.2 Å². The number of carbonyl (C=O) groups excluding carboxylic acids is 1. The van der Waals surface area contributed by atoms with Crippen molar-refractivity contribution in [3.8, 4) is 0 Å². The van der Waals surface area contributed by atoms with Crippen LogP contribution in [0.1, 0.15) is 56.0 Å². The van der Waals surface area contributed by atoms with Gasteiger partial charge in [-0.25, -0.2) is 9.97 Å². The van der Waals surface area contributed by atoms with Crippen LogP contribution in [-0.2, 0) is 17.8 Å². The third-order valence-electron chi connectivity index (χ3n) is 6.87. The number of likely N-dealkylation sites (tertiary alicyclic amines) is 1. The summed E-state index contributed by atoms with van der Waals surface area (Å²) in [6.45, 7) is 8.75. The van der Waals surface area contributed by atoms with Gasteiger partial charge in [0.25, 0.3) is 0 Å². The molecule has 1 saturated heterocycles. The number of carbonyl (C=O) groups is 1. The van der Waals surface area contributed by atoms with E-state index in [9.17, 15) is 4.79 Å². The van der Waals surface area contributed by atoms with Gasteiger partial charge in [-0.1, -0.05) is 56.3 Å². The molecule has 0 N–H and O–H groups in total. The number of hydrogen-bond donors (Lipinski definition) is 0. The van der Waals surface area contributed by atoms with Crippen LogP contribution in [0.25, 0.3) is 0 Å². The molecule has 3 heterocycles. The van der Waals surface area contributed by atoms with Crippen LogP contribution in [0, 0.1) is 11.8 Å². The highest BCUT2D eigenvalue weighted by Crippen LogP contribution is 2.31. The molecule has 170 valence electrons. The fraction of sp³-hybridized carbons (Fsp3) is 0.519. The highest BCUT2D eigenvalue weighted by molar-refractivity contribution is 5.80. The molecule has 0 radical (unpaired) electrons. The summed E-state index contributed by atoms with van der Waals surface area (Å²) in [5, 5.41) is 0. The Hall–Kier alpha value is -2.53. The van der Waals surface area contributed by atoms with E-state index in [1.807, 2.05) is 18.5 Å². The average molecular weight is 433 g/mol. The van der Waals surface area contributed by atoms with Crippen molar-refractivity contribution in [2.75, 3.05) is 26.2 Å². The van der Waals surface area contributed by atoms with E-state index in [0.29, 0.717) is 17.7 Å². The normalized spacial score (nSPS) is 20.7. The van der Waals surface area contributed by atoms with Gasteiger partial charge in [0.1, 0.15) is 5.82 Å². The Morgan fingerprint density at radius 1 is 1.00 bits per heavy atom. The standard InChI is InChI=1S/C27H36N4O/c1-21(2)26-28-18-23(19-29-26)20-30-15-12-24(13-16-30)25-10-6-7-14-31(27(25)32)17-11-22-8-4-3-5-9-22/h3-9,18-19,21,24-25H,10-17,20H2,1-2H3/t25-/m0/s1. The molecule has 0 spiro atoms. The fourth-order valence-corrected chi connectivity index (χ4v) is 4.89. The van der Waals surface area contributed by atoms with E-state index in [1.165, 1.54) is 11.1 Å². The predicted molar refractivity (Wildman–Crippen MR) is 128 cm³/mol. The average Bonchev–Trinajstić information content (AvgIpc) is 3.00. The molecule has 0 bridgehead atoms. The maximum absolute atomic E-state index is 13.4. The smallest absolute Gasteiger partial charge is 0.226 e. The Labute approximate surface area is 192 Å². The summed E-state index contributed by atoms with van der Waals surface area (Å²) >= 11 is 0. The lowest BCUT2D eigenvalue weighted by atomic mass is 9.81. The summed E-state index contributed by atoms with van der Waals surface area (Å²) in [5.41, 5.74) is 2.47. The van der Waals surface area contributed by atoms with Crippen molar-refractivity contribution in [2.24, 2.45) is 11.8 Å². The lowest BCUT2D eigenvalue weighted by Crippen LogP contribution is -2.43. The van der Waals surface area contributed by atoms with Crippen LogP contribution in [0.5, 0.6) is 0 Å². The van der Waals surface area contributed by atoms with Crippen molar-refractivity contribution >= 4 is 5.91 Å². The minimum atomic E-state index is 0.125. The Morgan fingerprint density at radius 3 is 2.41 bits per heavy atom. The molecule has 1 aromatic heterocycles. The lowest BCUT2D eigenvalue weighted by molar-refractivity contribution is -0.137. The third kappa shape index (κ3) is 5.83. The molecule has 0 unspecified atom stereocenters. The van der Waals surface area contributed by atoms with E-state index in [4.69, 9.17) is 0 Å². The van der Waals surface area contributed by atoms with Crippen molar-refractivity contribution < 1.29 is 4.79 Å². The third-order valence-corrected chi connectivity index (χ3v) is 6.87. The molecule has 5 heteroatoms. The van der Waals surface area contributed by atoms with Gasteiger partial charge in [-0.3, -0.25) is 9.69 Å². The predicted octanol–water partition coefficient (Wildman–Crippen LogP) is 4.46. The molecule has 0 saturated carbocycles. The van der Waals surface area contributed by atoms with Crippen LogP contribution in [0.4, 0.5) is 0 Å². The molecule has 1 fully saturated rings. The zero-order valence-corrected chi connectivity index (χ0v) is 19.5. The number of amides is 1. The Morgan fingerprint density at radius 2 is 1.72 bits per heavy atom. The molecule has 2 aliphatic rings. The van der Waals surface area contributed by atoms with Crippen LogP contribution < -0.4 is 0 Å². The number of rotatable bonds is 7. The second-order valence-corrected chi connectivity index (χ2v) is 9.55. The Bertz CT molecular complexity index is 886. The van der Waals surface area contributed by atoms with Crippen LogP contribution in [0.3, 0.4) is 0 Å². The summed E-state index contributed by atoms with van der Waals surface area (Å²) in [4.78, 5) is 26.9. The molecule has 2 aliphatic heterocycles. The molecule has 4 rings (SSSR count). The molecule has 1 amide bonds. The van der Waals surface area contributed by atoms with Gasteiger partial charge in [0.2, 0.25) is 5.91 Å². The summed E-state index contributed by atoms with van der Waals surface area (Å²) in [5.74, 6) is 2.21. The lowest BCUT2D eigenvalue weighted by Gasteiger charge is -2.36. The first-order chi connectivity index (χ1) is 15.6. The number of hydrogen-bond acceptors (Lipinski definition) is 4. The van der Waals surface area contributed by atoms with Crippen molar-refractivity contribution in [1.29, 1.82) is 0 Å². The summed E-state index contributed by atoms with van der Waals surface area (Å²) < 4.78 is 0. The molecule has 1 aromatic carbocycles. The number of piperidine rings is 1. The van der Waals surface area contributed by atoms with Gasteiger partial charge in [-0.15, -0.1) is 0 Å². The minimum Gasteiger partial charge on any atom is -0.338 e. The Kier molecular flexibility index (Phi) is 7.69. The number of allylic oxidation sites excluding steroid dienone is 1. The van der Waals surface area contributed by atoms with E-state index in [1.54, 1.807) is 0 Å². The van der Waals surface area contributed by atoms with Crippen molar-refractivity contribution in [3.63, 3.8) is 0 Å². The van der Waals surface area contributed by atoms with Crippen molar-refractivity contribution in [1.82, 2.24) is 19.8 Å². The van der Waals surface area contributed by atoms with Gasteiger partial charge >= 0.3 is 0 Å². The fourth-order valence-electron chi connectivity index (χ4n) is 4.89. The van der Waals surface area contributed by atoms with Crippen LogP contribution in [0.15, 0.2) is 54.9 Å². The highest BCUT2D eigenvalue weighted by Gasteiger charge is 2.34. The zero-order chi connectivity index (χ0) is 22.3. The summed E-state index contributed by atoms with van der Waals surface area (Å²) in [6, 6.07) is 10.5. The van der Waals surface area contributed by atoms with E-state index >= 15 is 0 Å². The minimum absolute atomic E-state index is 0.125. The first kappa shape index (κ1) is 22.7. The largest absolute Gasteiger partial charge is 0.338 e. The van der Waals surface area contributed by atoms with Crippen LogP contribution >= 0.6 is 0 Å². The monoisotopic (exact) mass is 432 g/mol. The second kappa shape index (κ2) is 10.9. The van der Waals surface area contributed by atoms with Crippen LogP contribution in [0.2, 0.25) is 0 Å². The van der Waals surface area contributed by atoms with E-state index in [2.05, 4.69) is 70.0 Å². The first-order valence-corrected chi connectivity index (χ1v) is 12.1. The van der Waals surface area contributed by atoms with Gasteiger partial charge in [-0.2, -0.15) is 0 Å². The zero-order valence-electron chi connectivity index (χ0n) is 19.5. The maximum Gasteiger partial charge on any atom is 0.226 e. The molecule has 5 nitrogen and oxygen atoms in total. The molecule has 32 heavy (non-hydrogen) atoms. The number of aromatic nitrogens is 2. The maximum atomic E-state index is 13.4. The van der Waals surface area contributed by atoms with Gasteiger partial charge < -0.3 is 4.90 Å². The number of nitrogens with zero attached hydrogens (tertiary/aromatic N) is 4. The first-order valence-electron chi connectivity index (χ1n) is 12.1. The topological polar surface area (TPSA) is 49.3 Å². The van der Waals surface area contributed by atoms with Gasteiger partial charge in [0.15, 0.2) is 0 Å². The second-order valence-electron chi connectivity index (χ2n) is 9.55. The Balaban J connectivity index is 1.29. The quantitative estimate of drug-likeness (QED) is 0.606. The molecular weight excluding hydrogens is 396 g/mol. The van der Waals surface area contributed by atoms with E-state index in [-0.39, 0.29) is 5.92 Å². The number of benzene rings is 1. The van der Waals surface area contributed by atoms with Gasteiger partial charge in [0.05, 0.1) is 0 Å². The highest BCUT2D eigenvalue weighted by atomic mass is 16.2. The summed E-state index contributed by atoms with van der Waals surface area (Å²) in [6.07, 6.45) is 12.3. The van der Waals surface area contributed by atoms with Crippen LogP contribution in [-0.4, -0.2) is 51.9 Å². The molecule has 2 aromatic rings.